The lowest BCUT2D eigenvalue weighted by Gasteiger charge is -2.38. The second-order valence-corrected chi connectivity index (χ2v) is 5.05. The minimum absolute atomic E-state index is 0.472. The summed E-state index contributed by atoms with van der Waals surface area (Å²) in [6.07, 6.45) is 2.06. The van der Waals surface area contributed by atoms with E-state index in [-0.39, 0.29) is 0 Å². The first-order chi connectivity index (χ1) is 6.77. The van der Waals surface area contributed by atoms with E-state index < -0.39 is 0 Å². The number of hydrogen-bond donors (Lipinski definition) is 0. The van der Waals surface area contributed by atoms with E-state index in [0.29, 0.717) is 12.3 Å². The van der Waals surface area contributed by atoms with Crippen LogP contribution < -0.4 is 0 Å². The topological polar surface area (TPSA) is 13.0 Å². The molecule has 0 bridgehead atoms. The molecule has 0 heterocycles. The Labute approximate surface area is 95.4 Å². The third-order valence-corrected chi connectivity index (χ3v) is 2.81. The molecule has 4 nitrogen and oxygen atoms in total. The molecule has 0 aromatic heterocycles. The van der Waals surface area contributed by atoms with Gasteiger partial charge in [0.25, 0.3) is 0 Å². The summed E-state index contributed by atoms with van der Waals surface area (Å²) in [6, 6.07) is 0. The Kier molecular flexibility index (Phi) is 6.36. The molecule has 0 fully saturated rings. The van der Waals surface area contributed by atoms with Crippen LogP contribution >= 0.6 is 0 Å². The molecule has 0 unspecified atom stereocenters. The molecule has 0 atom stereocenters. The van der Waals surface area contributed by atoms with E-state index >= 15 is 0 Å². The summed E-state index contributed by atoms with van der Waals surface area (Å²) < 4.78 is 0. The van der Waals surface area contributed by atoms with Crippen molar-refractivity contribution < 1.29 is 0 Å². The Morgan fingerprint density at radius 1 is 0.533 bits per heavy atom. The molecule has 0 amide bonds. The summed E-state index contributed by atoms with van der Waals surface area (Å²) in [5, 5.41) is 0. The van der Waals surface area contributed by atoms with Crippen molar-refractivity contribution in [3.63, 3.8) is 0 Å². The molecule has 0 saturated carbocycles. The second-order valence-electron chi connectivity index (χ2n) is 5.05. The first-order valence-corrected chi connectivity index (χ1v) is 5.43. The van der Waals surface area contributed by atoms with Gasteiger partial charge in [-0.1, -0.05) is 0 Å². The van der Waals surface area contributed by atoms with Gasteiger partial charge in [0.1, 0.15) is 0 Å². The van der Waals surface area contributed by atoms with E-state index in [1.165, 1.54) is 0 Å². The zero-order valence-electron chi connectivity index (χ0n) is 11.7. The number of hydrogen-bond acceptors (Lipinski definition) is 4. The lowest BCUT2D eigenvalue weighted by atomic mass is 10.2. The van der Waals surface area contributed by atoms with Gasteiger partial charge in [-0.25, -0.2) is 0 Å². The van der Waals surface area contributed by atoms with Crippen LogP contribution in [0.25, 0.3) is 0 Å². The Morgan fingerprint density at radius 2 is 0.733 bits per heavy atom. The van der Waals surface area contributed by atoms with Crippen LogP contribution in [0.1, 0.15) is 6.42 Å². The molecule has 0 spiro atoms. The minimum Gasteiger partial charge on any atom is -0.294 e. The zero-order valence-corrected chi connectivity index (χ0v) is 11.7. The fraction of sp³-hybridized carbons (Fsp3) is 1.00. The molecule has 4 heteroatoms. The van der Waals surface area contributed by atoms with Crippen molar-refractivity contribution in [1.29, 1.82) is 0 Å². The number of rotatable bonds is 6. The van der Waals surface area contributed by atoms with Crippen LogP contribution in [0.4, 0.5) is 0 Å². The van der Waals surface area contributed by atoms with E-state index in [9.17, 15) is 0 Å². The highest BCUT2D eigenvalue weighted by atomic mass is 15.3. The van der Waals surface area contributed by atoms with Gasteiger partial charge < -0.3 is 0 Å². The van der Waals surface area contributed by atoms with Crippen LogP contribution in [0.15, 0.2) is 0 Å². The first kappa shape index (κ1) is 14.8. The maximum absolute atomic E-state index is 2.26. The fourth-order valence-corrected chi connectivity index (χ4v) is 1.96. The average molecular weight is 216 g/mol. The van der Waals surface area contributed by atoms with Crippen molar-refractivity contribution in [1.82, 2.24) is 19.6 Å². The van der Waals surface area contributed by atoms with Gasteiger partial charge in [-0.2, -0.15) is 0 Å². The Balaban J connectivity index is 4.48. The monoisotopic (exact) mass is 216 g/mol. The van der Waals surface area contributed by atoms with Crippen LogP contribution in [0.5, 0.6) is 0 Å². The maximum Gasteiger partial charge on any atom is 0.0640 e. The smallest absolute Gasteiger partial charge is 0.0640 e. The van der Waals surface area contributed by atoms with Gasteiger partial charge in [0.2, 0.25) is 0 Å². The van der Waals surface area contributed by atoms with Gasteiger partial charge in [0, 0.05) is 6.42 Å². The van der Waals surface area contributed by atoms with Gasteiger partial charge in [-0.3, -0.25) is 19.6 Å². The van der Waals surface area contributed by atoms with Crippen molar-refractivity contribution >= 4 is 0 Å². The second kappa shape index (κ2) is 6.43. The lowest BCUT2D eigenvalue weighted by molar-refractivity contribution is 0.0400. The Hall–Kier alpha value is -0.160. The molecular formula is C11H28N4. The predicted octanol–water partition coefficient (Wildman–Crippen LogP) is 0.275. The highest BCUT2D eigenvalue weighted by Crippen LogP contribution is 2.11. The molecule has 0 aliphatic heterocycles. The first-order valence-electron chi connectivity index (χ1n) is 5.43. The van der Waals surface area contributed by atoms with E-state index in [0.717, 1.165) is 6.42 Å². The average Bonchev–Trinajstić information content (AvgIpc) is 2.01. The van der Waals surface area contributed by atoms with E-state index in [1.54, 1.807) is 0 Å². The van der Waals surface area contributed by atoms with E-state index in [1.807, 2.05) is 0 Å². The van der Waals surface area contributed by atoms with E-state index in [2.05, 4.69) is 76.0 Å². The standard InChI is InChI=1S/C11H28N4/c1-12(2)10(13(3)4)9-11(14(5)6)15(7)8/h10-11H,9H2,1-8H3. The summed E-state index contributed by atoms with van der Waals surface area (Å²) in [4.78, 5) is 9.06. The molecule has 0 aromatic rings. The molecular weight excluding hydrogens is 188 g/mol. The molecule has 0 aliphatic rings. The van der Waals surface area contributed by atoms with Gasteiger partial charge in [-0.15, -0.1) is 0 Å². The van der Waals surface area contributed by atoms with Crippen LogP contribution in [0.3, 0.4) is 0 Å². The van der Waals surface area contributed by atoms with Crippen molar-refractivity contribution in [2.75, 3.05) is 56.4 Å². The molecule has 15 heavy (non-hydrogen) atoms. The third kappa shape index (κ3) is 4.93. The summed E-state index contributed by atoms with van der Waals surface area (Å²) >= 11 is 0. The van der Waals surface area contributed by atoms with Crippen LogP contribution in [-0.2, 0) is 0 Å². The highest BCUT2D eigenvalue weighted by Gasteiger charge is 2.22. The summed E-state index contributed by atoms with van der Waals surface area (Å²) in [6.45, 7) is 0. The zero-order chi connectivity index (χ0) is 12.2. The van der Waals surface area contributed by atoms with Crippen molar-refractivity contribution in [3.8, 4) is 0 Å². The summed E-state index contributed by atoms with van der Waals surface area (Å²) in [5.74, 6) is 0. The Bertz CT molecular complexity index is 132. The quantitative estimate of drug-likeness (QED) is 0.591. The predicted molar refractivity (Wildman–Crippen MR) is 66.9 cm³/mol. The summed E-state index contributed by atoms with van der Waals surface area (Å²) in [5.41, 5.74) is 0. The molecule has 0 rings (SSSR count). The molecule has 0 N–H and O–H groups in total. The maximum atomic E-state index is 2.26. The molecule has 0 radical (unpaired) electrons. The lowest BCUT2D eigenvalue weighted by Crippen LogP contribution is -2.49. The van der Waals surface area contributed by atoms with Crippen molar-refractivity contribution in [2.45, 2.75) is 18.8 Å². The van der Waals surface area contributed by atoms with Gasteiger partial charge in [0.15, 0.2) is 0 Å². The SMILES string of the molecule is CN(C)C(CC(N(C)C)N(C)C)N(C)C. The molecule has 0 aromatic carbocycles. The third-order valence-electron chi connectivity index (χ3n) is 2.81. The van der Waals surface area contributed by atoms with Gasteiger partial charge in [0.05, 0.1) is 12.3 Å². The Morgan fingerprint density at radius 3 is 0.867 bits per heavy atom. The van der Waals surface area contributed by atoms with Crippen LogP contribution in [0, 0.1) is 0 Å². The number of nitrogens with zero attached hydrogens (tertiary/aromatic N) is 4. The highest BCUT2D eigenvalue weighted by molar-refractivity contribution is 4.72. The van der Waals surface area contributed by atoms with Crippen LogP contribution in [-0.4, -0.2) is 88.3 Å². The van der Waals surface area contributed by atoms with E-state index in [4.69, 9.17) is 0 Å². The van der Waals surface area contributed by atoms with Gasteiger partial charge in [-0.05, 0) is 56.4 Å². The van der Waals surface area contributed by atoms with Crippen molar-refractivity contribution in [2.24, 2.45) is 0 Å². The fourth-order valence-electron chi connectivity index (χ4n) is 1.96. The molecule has 0 saturated heterocycles. The molecule has 0 aliphatic carbocycles. The van der Waals surface area contributed by atoms with Crippen LogP contribution in [0.2, 0.25) is 0 Å². The van der Waals surface area contributed by atoms with Gasteiger partial charge >= 0.3 is 0 Å². The van der Waals surface area contributed by atoms with Crippen molar-refractivity contribution in [3.05, 3.63) is 0 Å². The minimum atomic E-state index is 0.472. The molecule has 92 valence electrons. The summed E-state index contributed by atoms with van der Waals surface area (Å²) in [7, 11) is 17.1. The largest absolute Gasteiger partial charge is 0.294 e. The normalized spacial score (nSPS) is 13.2.